The molecule has 0 bridgehead atoms. The summed E-state index contributed by atoms with van der Waals surface area (Å²) in [5.74, 6) is -1.04. The summed E-state index contributed by atoms with van der Waals surface area (Å²) in [6, 6.07) is 3.30. The number of aliphatic carboxylic acids is 1. The number of carbonyl (C=O) groups excluding carboxylic acids is 1. The molecule has 1 heterocycles. The number of nitrogens with one attached hydrogen (secondary N) is 1. The van der Waals surface area contributed by atoms with Gasteiger partial charge in [-0.1, -0.05) is 0 Å². The molecule has 2 rings (SSSR count). The van der Waals surface area contributed by atoms with E-state index in [1.807, 2.05) is 13.8 Å². The second-order valence-electron chi connectivity index (χ2n) is 5.54. The number of carboxylic acid groups (broad SMARTS) is 1. The third-order valence-electron chi connectivity index (χ3n) is 3.47. The van der Waals surface area contributed by atoms with Crippen molar-refractivity contribution in [2.75, 3.05) is 0 Å². The van der Waals surface area contributed by atoms with Crippen LogP contribution in [0.1, 0.15) is 43.6 Å². The molecule has 0 radical (unpaired) electrons. The average Bonchev–Trinajstić information content (AvgIpc) is 2.87. The number of rotatable bonds is 5. The summed E-state index contributed by atoms with van der Waals surface area (Å²) >= 11 is 0. The zero-order valence-corrected chi connectivity index (χ0v) is 12.2. The number of hydrogen-bond acceptors (Lipinski definition) is 4. The molecule has 6 heteroatoms. The van der Waals surface area contributed by atoms with Gasteiger partial charge in [0.2, 0.25) is 0 Å². The molecular weight excluding hydrogens is 272 g/mol. The van der Waals surface area contributed by atoms with Gasteiger partial charge >= 0.3 is 5.97 Å². The van der Waals surface area contributed by atoms with Gasteiger partial charge in [-0.25, -0.2) is 4.98 Å². The summed E-state index contributed by atoms with van der Waals surface area (Å²) < 4.78 is 5.57. The fraction of sp³-hybridized carbons (Fsp3) is 0.533. The molecule has 2 atom stereocenters. The lowest BCUT2D eigenvalue weighted by Gasteiger charge is -2.15. The quantitative estimate of drug-likeness (QED) is 0.864. The molecule has 1 aromatic heterocycles. The summed E-state index contributed by atoms with van der Waals surface area (Å²) in [4.78, 5) is 27.3. The van der Waals surface area contributed by atoms with E-state index in [1.165, 1.54) is 6.20 Å². The number of ether oxygens (including phenoxy) is 1. The van der Waals surface area contributed by atoms with E-state index >= 15 is 0 Å². The molecule has 1 aliphatic carbocycles. The minimum atomic E-state index is -0.798. The van der Waals surface area contributed by atoms with E-state index in [0.717, 1.165) is 0 Å². The number of aromatic nitrogens is 1. The Morgan fingerprint density at radius 3 is 2.81 bits per heavy atom. The van der Waals surface area contributed by atoms with Crippen LogP contribution in [-0.4, -0.2) is 34.1 Å². The van der Waals surface area contributed by atoms with E-state index in [4.69, 9.17) is 9.84 Å². The Hall–Kier alpha value is -2.11. The molecule has 6 nitrogen and oxygen atoms in total. The van der Waals surface area contributed by atoms with Crippen LogP contribution in [0.3, 0.4) is 0 Å². The molecule has 114 valence electrons. The second kappa shape index (κ2) is 6.56. The monoisotopic (exact) mass is 292 g/mol. The Kier molecular flexibility index (Phi) is 4.77. The van der Waals surface area contributed by atoms with Crippen molar-refractivity contribution >= 4 is 11.9 Å². The molecule has 1 amide bonds. The molecule has 1 aliphatic rings. The van der Waals surface area contributed by atoms with Crippen molar-refractivity contribution in [2.45, 2.75) is 45.3 Å². The molecule has 0 saturated heterocycles. The van der Waals surface area contributed by atoms with Gasteiger partial charge in [0.1, 0.15) is 0 Å². The van der Waals surface area contributed by atoms with Gasteiger partial charge in [-0.05, 0) is 45.2 Å². The molecular formula is C15H20N2O4. The van der Waals surface area contributed by atoms with Gasteiger partial charge in [-0.15, -0.1) is 0 Å². The van der Waals surface area contributed by atoms with Gasteiger partial charge in [0.05, 0.1) is 12.0 Å². The van der Waals surface area contributed by atoms with Crippen molar-refractivity contribution in [1.29, 1.82) is 0 Å². The number of amides is 1. The van der Waals surface area contributed by atoms with Crippen molar-refractivity contribution in [3.8, 4) is 5.75 Å². The van der Waals surface area contributed by atoms with E-state index in [0.29, 0.717) is 25.0 Å². The minimum Gasteiger partial charge on any atom is -0.489 e. The van der Waals surface area contributed by atoms with Crippen LogP contribution in [0.15, 0.2) is 18.3 Å². The van der Waals surface area contributed by atoms with E-state index in [1.54, 1.807) is 12.1 Å². The lowest BCUT2D eigenvalue weighted by molar-refractivity contribution is -0.141. The van der Waals surface area contributed by atoms with E-state index in [-0.39, 0.29) is 29.7 Å². The fourth-order valence-electron chi connectivity index (χ4n) is 2.50. The second-order valence-corrected chi connectivity index (χ2v) is 5.54. The van der Waals surface area contributed by atoms with Gasteiger partial charge < -0.3 is 15.2 Å². The Labute approximate surface area is 123 Å². The maximum absolute atomic E-state index is 12.3. The number of nitrogens with zero attached hydrogens (tertiary/aromatic N) is 1. The van der Waals surface area contributed by atoms with Crippen LogP contribution >= 0.6 is 0 Å². The fourth-order valence-corrected chi connectivity index (χ4v) is 2.50. The van der Waals surface area contributed by atoms with Crippen LogP contribution in [0.5, 0.6) is 5.75 Å². The van der Waals surface area contributed by atoms with Crippen LogP contribution in [0.4, 0.5) is 0 Å². The van der Waals surface area contributed by atoms with Crippen LogP contribution < -0.4 is 10.1 Å². The topological polar surface area (TPSA) is 88.5 Å². The lowest BCUT2D eigenvalue weighted by Crippen LogP contribution is -2.34. The van der Waals surface area contributed by atoms with Crippen molar-refractivity contribution in [3.05, 3.63) is 24.0 Å². The molecule has 1 aromatic rings. The van der Waals surface area contributed by atoms with Crippen LogP contribution in [0.2, 0.25) is 0 Å². The van der Waals surface area contributed by atoms with Crippen LogP contribution in [0.25, 0.3) is 0 Å². The first kappa shape index (κ1) is 15.3. The van der Waals surface area contributed by atoms with E-state index in [9.17, 15) is 9.59 Å². The average molecular weight is 292 g/mol. The molecule has 0 unspecified atom stereocenters. The number of carbonyl (C=O) groups is 2. The molecule has 0 spiro atoms. The summed E-state index contributed by atoms with van der Waals surface area (Å²) in [6.45, 7) is 3.76. The predicted molar refractivity (Wildman–Crippen MR) is 76.2 cm³/mol. The zero-order valence-electron chi connectivity index (χ0n) is 12.2. The zero-order chi connectivity index (χ0) is 15.4. The van der Waals surface area contributed by atoms with Gasteiger partial charge in [-0.2, -0.15) is 0 Å². The van der Waals surface area contributed by atoms with Crippen molar-refractivity contribution < 1.29 is 19.4 Å². The van der Waals surface area contributed by atoms with Crippen LogP contribution in [-0.2, 0) is 4.79 Å². The molecule has 0 aliphatic heterocycles. The normalized spacial score (nSPS) is 21.3. The summed E-state index contributed by atoms with van der Waals surface area (Å²) in [5.41, 5.74) is 0.241. The van der Waals surface area contributed by atoms with Crippen molar-refractivity contribution in [2.24, 2.45) is 5.92 Å². The molecule has 2 N–H and O–H groups in total. The Bertz CT molecular complexity index is 530. The van der Waals surface area contributed by atoms with Gasteiger partial charge in [-0.3, -0.25) is 9.59 Å². The van der Waals surface area contributed by atoms with Gasteiger partial charge in [0.15, 0.2) is 11.4 Å². The first-order valence-corrected chi connectivity index (χ1v) is 7.12. The van der Waals surface area contributed by atoms with Crippen molar-refractivity contribution in [3.63, 3.8) is 0 Å². The summed E-state index contributed by atoms with van der Waals surface area (Å²) in [5, 5.41) is 11.8. The Morgan fingerprint density at radius 1 is 1.43 bits per heavy atom. The Balaban J connectivity index is 2.02. The highest BCUT2D eigenvalue weighted by atomic mass is 16.5. The number of carboxylic acids is 1. The molecule has 1 saturated carbocycles. The Morgan fingerprint density at radius 2 is 2.19 bits per heavy atom. The summed E-state index contributed by atoms with van der Waals surface area (Å²) in [7, 11) is 0. The molecule has 1 fully saturated rings. The molecule has 21 heavy (non-hydrogen) atoms. The SMILES string of the molecule is CC(C)Oc1cccnc1C(=O)N[C@@H]1CC[C@H](C(=O)O)C1. The maximum atomic E-state index is 12.3. The van der Waals surface area contributed by atoms with Crippen molar-refractivity contribution in [1.82, 2.24) is 10.3 Å². The highest BCUT2D eigenvalue weighted by molar-refractivity contribution is 5.95. The smallest absolute Gasteiger partial charge is 0.306 e. The lowest BCUT2D eigenvalue weighted by atomic mass is 10.1. The molecule has 0 aromatic carbocycles. The number of pyridine rings is 1. The number of hydrogen-bond donors (Lipinski definition) is 2. The third-order valence-corrected chi connectivity index (χ3v) is 3.47. The maximum Gasteiger partial charge on any atom is 0.306 e. The first-order chi connectivity index (χ1) is 9.97. The van der Waals surface area contributed by atoms with Gasteiger partial charge in [0, 0.05) is 12.2 Å². The third kappa shape index (κ3) is 3.93. The highest BCUT2D eigenvalue weighted by Gasteiger charge is 2.31. The minimum absolute atomic E-state index is 0.0522. The standard InChI is InChI=1S/C15H20N2O4/c1-9(2)21-12-4-3-7-16-13(12)14(18)17-11-6-5-10(8-11)15(19)20/h3-4,7,9-11H,5-6,8H2,1-2H3,(H,17,18)(H,19,20)/t10-,11+/m0/s1. The van der Waals surface area contributed by atoms with Gasteiger partial charge in [0.25, 0.3) is 5.91 Å². The first-order valence-electron chi connectivity index (χ1n) is 7.12. The van der Waals surface area contributed by atoms with E-state index in [2.05, 4.69) is 10.3 Å². The summed E-state index contributed by atoms with van der Waals surface area (Å²) in [6.07, 6.45) is 3.22. The predicted octanol–water partition coefficient (Wildman–Crippen LogP) is 1.85. The largest absolute Gasteiger partial charge is 0.489 e. The van der Waals surface area contributed by atoms with E-state index < -0.39 is 5.97 Å². The highest BCUT2D eigenvalue weighted by Crippen LogP contribution is 2.26. The van der Waals surface area contributed by atoms with Crippen LogP contribution in [0, 0.1) is 5.92 Å².